The van der Waals surface area contributed by atoms with E-state index in [1.165, 1.54) is 17.0 Å². The fourth-order valence-corrected chi connectivity index (χ4v) is 6.81. The zero-order valence-electron chi connectivity index (χ0n) is 22.7. The summed E-state index contributed by atoms with van der Waals surface area (Å²) in [5, 5.41) is 44.6. The number of aliphatic hydroxyl groups is 3. The van der Waals surface area contributed by atoms with Gasteiger partial charge in [-0.15, -0.1) is 0 Å². The molecule has 0 aromatic heterocycles. The maximum absolute atomic E-state index is 13.8. The highest BCUT2D eigenvalue weighted by Gasteiger charge is 2.63. The average Bonchev–Trinajstić information content (AvgIpc) is 2.87. The van der Waals surface area contributed by atoms with Gasteiger partial charge in [-0.3, -0.25) is 29.0 Å². The van der Waals surface area contributed by atoms with Crippen LogP contribution < -0.4 is 5.73 Å². The number of likely N-dealkylation sites (N-methyl/N-ethyl adjacent to an activating group) is 2. The standard InChI is InChI=1S/C28H34N4O8/c1-30(2)22-16-11-13-10-15-14(18(34)12-32-8-6-31(3)7-9-32)4-5-17(33)20(15)23(35)19(13)25(37)28(16,40)26(38)21(24(22)36)27(29)39/h4-5,13,16,22,33,36-37,40H,6-12H2,1-3H3,(H2,29,39)/t13-,16-,22+,28+/m1/s1. The van der Waals surface area contributed by atoms with Crippen molar-refractivity contribution in [2.75, 3.05) is 53.9 Å². The number of carbonyl (C=O) groups excluding carboxylic acids is 4. The number of piperazine rings is 1. The lowest BCUT2D eigenvalue weighted by Gasteiger charge is -2.50. The SMILES string of the molecule is CN1CCN(CC(=O)c2ccc(O)c3c2C[C@@H]2C[C@@H]4[C@H](N(C)C)C(O)=C(C(N)=O)C(=O)[C@@]4(O)C(O)=C2C3=O)CC1. The van der Waals surface area contributed by atoms with Gasteiger partial charge in [0.1, 0.15) is 22.8 Å². The highest BCUT2D eigenvalue weighted by molar-refractivity contribution is 6.25. The van der Waals surface area contributed by atoms with E-state index in [0.717, 1.165) is 26.2 Å². The molecule has 12 nitrogen and oxygen atoms in total. The van der Waals surface area contributed by atoms with Crippen LogP contribution >= 0.6 is 0 Å². The summed E-state index contributed by atoms with van der Waals surface area (Å²) in [5.41, 5.74) is 2.03. The van der Waals surface area contributed by atoms with Crippen molar-refractivity contribution in [1.82, 2.24) is 14.7 Å². The van der Waals surface area contributed by atoms with Crippen LogP contribution in [0, 0.1) is 11.8 Å². The molecule has 12 heteroatoms. The molecular formula is C28H34N4O8. The number of primary amides is 1. The number of allylic oxidation sites excluding steroid dienone is 1. The third-order valence-electron chi connectivity index (χ3n) is 8.87. The molecule has 40 heavy (non-hydrogen) atoms. The van der Waals surface area contributed by atoms with Crippen LogP contribution in [0.15, 0.2) is 34.8 Å². The monoisotopic (exact) mass is 554 g/mol. The average molecular weight is 555 g/mol. The van der Waals surface area contributed by atoms with E-state index in [1.807, 2.05) is 11.9 Å². The number of amides is 1. The molecule has 4 atom stereocenters. The van der Waals surface area contributed by atoms with Crippen molar-refractivity contribution in [2.24, 2.45) is 17.6 Å². The second-order valence-corrected chi connectivity index (χ2v) is 11.5. The molecule has 6 N–H and O–H groups in total. The number of aliphatic hydroxyl groups excluding tert-OH is 2. The second kappa shape index (κ2) is 9.81. The van der Waals surface area contributed by atoms with Gasteiger partial charge in [-0.25, -0.2) is 0 Å². The fraction of sp³-hybridized carbons (Fsp3) is 0.500. The Bertz CT molecular complexity index is 1390. The Kier molecular flexibility index (Phi) is 6.86. The number of fused-ring (bicyclic) bond motifs is 3. The minimum Gasteiger partial charge on any atom is -0.510 e. The molecule has 3 aliphatic carbocycles. The summed E-state index contributed by atoms with van der Waals surface area (Å²) in [7, 11) is 5.15. The summed E-state index contributed by atoms with van der Waals surface area (Å²) < 4.78 is 0. The Balaban J connectivity index is 1.59. The van der Waals surface area contributed by atoms with Gasteiger partial charge >= 0.3 is 0 Å². The number of hydrogen-bond acceptors (Lipinski definition) is 11. The maximum atomic E-state index is 13.8. The van der Waals surface area contributed by atoms with Crippen molar-refractivity contribution in [3.63, 3.8) is 0 Å². The number of Topliss-reactive ketones (excluding diaryl/α,β-unsaturated/α-hetero) is 3. The van der Waals surface area contributed by atoms with Gasteiger partial charge in [-0.05, 0) is 57.6 Å². The lowest BCUT2D eigenvalue weighted by atomic mass is 9.58. The van der Waals surface area contributed by atoms with Crippen molar-refractivity contribution in [1.29, 1.82) is 0 Å². The van der Waals surface area contributed by atoms with Crippen LogP contribution in [0.25, 0.3) is 0 Å². The molecule has 0 saturated carbocycles. The molecule has 1 amide bonds. The van der Waals surface area contributed by atoms with Crippen LogP contribution in [0.4, 0.5) is 0 Å². The summed E-state index contributed by atoms with van der Waals surface area (Å²) in [4.78, 5) is 58.4. The summed E-state index contributed by atoms with van der Waals surface area (Å²) in [5.74, 6) is -7.38. The molecule has 0 spiro atoms. The Hall–Kier alpha value is -3.58. The summed E-state index contributed by atoms with van der Waals surface area (Å²) in [6.45, 7) is 3.23. The Morgan fingerprint density at radius 3 is 2.35 bits per heavy atom. The van der Waals surface area contributed by atoms with Gasteiger partial charge < -0.3 is 31.1 Å². The first kappa shape index (κ1) is 28.0. The van der Waals surface area contributed by atoms with Crippen LogP contribution in [-0.2, 0) is 16.0 Å². The molecule has 1 heterocycles. The number of aromatic hydroxyl groups is 1. The molecule has 1 aliphatic heterocycles. The molecule has 1 aromatic carbocycles. The highest BCUT2D eigenvalue weighted by atomic mass is 16.3. The first-order valence-corrected chi connectivity index (χ1v) is 13.2. The number of rotatable bonds is 5. The van der Waals surface area contributed by atoms with Gasteiger partial charge in [0, 0.05) is 43.2 Å². The molecule has 214 valence electrons. The van der Waals surface area contributed by atoms with Gasteiger partial charge in [0.05, 0.1) is 18.2 Å². The van der Waals surface area contributed by atoms with Crippen molar-refractivity contribution < 1.29 is 39.6 Å². The van der Waals surface area contributed by atoms with Crippen molar-refractivity contribution in [3.05, 3.63) is 51.5 Å². The van der Waals surface area contributed by atoms with Crippen LogP contribution in [0.3, 0.4) is 0 Å². The molecule has 0 radical (unpaired) electrons. The number of benzene rings is 1. The van der Waals surface area contributed by atoms with E-state index in [1.54, 1.807) is 14.1 Å². The van der Waals surface area contributed by atoms with Gasteiger partial charge in [0.25, 0.3) is 5.91 Å². The quantitative estimate of drug-likeness (QED) is 0.235. The number of hydrogen-bond donors (Lipinski definition) is 5. The number of phenols is 1. The van der Waals surface area contributed by atoms with E-state index < -0.39 is 58.0 Å². The van der Waals surface area contributed by atoms with Gasteiger partial charge in [0.15, 0.2) is 17.2 Å². The molecule has 4 aliphatic rings. The van der Waals surface area contributed by atoms with E-state index in [0.29, 0.717) is 11.1 Å². The van der Waals surface area contributed by atoms with E-state index in [2.05, 4.69) is 4.90 Å². The van der Waals surface area contributed by atoms with Crippen molar-refractivity contribution in [2.45, 2.75) is 24.5 Å². The van der Waals surface area contributed by atoms with Crippen LogP contribution in [0.1, 0.15) is 32.7 Å². The molecule has 1 aromatic rings. The summed E-state index contributed by atoms with van der Waals surface area (Å²) >= 11 is 0. The second-order valence-electron chi connectivity index (χ2n) is 11.5. The predicted octanol–water partition coefficient (Wildman–Crippen LogP) is -0.449. The zero-order chi connectivity index (χ0) is 29.3. The molecule has 5 rings (SSSR count). The first-order chi connectivity index (χ1) is 18.8. The number of ketones is 3. The maximum Gasteiger partial charge on any atom is 0.255 e. The van der Waals surface area contributed by atoms with Gasteiger partial charge in [-0.1, -0.05) is 0 Å². The Morgan fingerprint density at radius 2 is 1.75 bits per heavy atom. The fourth-order valence-electron chi connectivity index (χ4n) is 6.81. The molecule has 0 bridgehead atoms. The lowest BCUT2D eigenvalue weighted by Crippen LogP contribution is -2.63. The first-order valence-electron chi connectivity index (χ1n) is 13.2. The highest BCUT2D eigenvalue weighted by Crippen LogP contribution is 2.52. The molecule has 1 saturated heterocycles. The Morgan fingerprint density at radius 1 is 1.10 bits per heavy atom. The number of carbonyl (C=O) groups is 4. The van der Waals surface area contributed by atoms with Gasteiger partial charge in [-0.2, -0.15) is 0 Å². The number of nitrogens with two attached hydrogens (primary N) is 1. The predicted molar refractivity (Wildman–Crippen MR) is 142 cm³/mol. The van der Waals surface area contributed by atoms with E-state index in [-0.39, 0.29) is 42.1 Å². The number of phenolic OH excluding ortho intramolecular Hbond substituents is 1. The largest absolute Gasteiger partial charge is 0.510 e. The van der Waals surface area contributed by atoms with Gasteiger partial charge in [0.2, 0.25) is 5.78 Å². The lowest BCUT2D eigenvalue weighted by molar-refractivity contribution is -0.148. The van der Waals surface area contributed by atoms with Crippen molar-refractivity contribution >= 4 is 23.3 Å². The minimum atomic E-state index is -2.70. The van der Waals surface area contributed by atoms with Crippen molar-refractivity contribution in [3.8, 4) is 5.75 Å². The van der Waals surface area contributed by atoms with E-state index >= 15 is 0 Å². The molecule has 1 fully saturated rings. The third kappa shape index (κ3) is 4.05. The van der Waals surface area contributed by atoms with E-state index in [9.17, 15) is 39.6 Å². The summed E-state index contributed by atoms with van der Waals surface area (Å²) in [6, 6.07) is 1.67. The smallest absolute Gasteiger partial charge is 0.255 e. The van der Waals surface area contributed by atoms with Crippen LogP contribution in [-0.4, -0.2) is 124 Å². The van der Waals surface area contributed by atoms with E-state index in [4.69, 9.17) is 5.73 Å². The zero-order valence-corrected chi connectivity index (χ0v) is 22.7. The third-order valence-corrected chi connectivity index (χ3v) is 8.87. The Labute approximate surface area is 231 Å². The minimum absolute atomic E-state index is 0.0342. The summed E-state index contributed by atoms with van der Waals surface area (Å²) in [6.07, 6.45) is 0.0419. The van der Waals surface area contributed by atoms with Crippen LogP contribution in [0.5, 0.6) is 5.75 Å². The molecular weight excluding hydrogens is 520 g/mol. The number of nitrogens with zero attached hydrogens (tertiary/aromatic N) is 3. The van der Waals surface area contributed by atoms with Crippen LogP contribution in [0.2, 0.25) is 0 Å². The molecule has 0 unspecified atom stereocenters. The topological polar surface area (TPSA) is 185 Å². The normalized spacial score (nSPS) is 29.4.